The fourth-order valence-corrected chi connectivity index (χ4v) is 5.87. The number of thiazole rings is 1. The van der Waals surface area contributed by atoms with E-state index in [1.165, 1.54) is 35.8 Å². The number of methoxy groups -OCH3 is 1. The normalized spacial score (nSPS) is 15.4. The smallest absolute Gasteiger partial charge is 0.338 e. The van der Waals surface area contributed by atoms with Gasteiger partial charge in [-0.15, -0.1) is 11.3 Å². The van der Waals surface area contributed by atoms with Gasteiger partial charge in [-0.1, -0.05) is 47.7 Å². The zero-order valence-electron chi connectivity index (χ0n) is 19.4. The van der Waals surface area contributed by atoms with Crippen molar-refractivity contribution < 1.29 is 18.7 Å². The molecule has 0 amide bonds. The predicted molar refractivity (Wildman–Crippen MR) is 137 cm³/mol. The average molecular weight is 521 g/mol. The minimum Gasteiger partial charge on any atom is -0.489 e. The van der Waals surface area contributed by atoms with Crippen molar-refractivity contribution in [3.63, 3.8) is 0 Å². The molecule has 2 aromatic carbocycles. The molecule has 0 saturated heterocycles. The highest BCUT2D eigenvalue weighted by atomic mass is 32.1. The number of thiophene rings is 1. The van der Waals surface area contributed by atoms with Gasteiger partial charge in [-0.2, -0.15) is 0 Å². The van der Waals surface area contributed by atoms with Gasteiger partial charge in [0.15, 0.2) is 4.80 Å². The van der Waals surface area contributed by atoms with Crippen LogP contribution in [0, 0.1) is 5.82 Å². The summed E-state index contributed by atoms with van der Waals surface area (Å²) in [5.41, 5.74) is 1.94. The number of hydrogen-bond acceptors (Lipinski definition) is 7. The summed E-state index contributed by atoms with van der Waals surface area (Å²) in [6.45, 7) is 1.87. The van der Waals surface area contributed by atoms with Crippen molar-refractivity contribution in [2.45, 2.75) is 19.6 Å². The maximum absolute atomic E-state index is 13.8. The number of carbonyl (C=O) groups excluding carboxylic acids is 1. The Morgan fingerprint density at radius 3 is 2.61 bits per heavy atom. The van der Waals surface area contributed by atoms with Crippen LogP contribution >= 0.6 is 22.7 Å². The summed E-state index contributed by atoms with van der Waals surface area (Å²) in [5.74, 6) is -0.223. The van der Waals surface area contributed by atoms with Crippen LogP contribution in [0.4, 0.5) is 4.39 Å². The number of nitrogens with zero attached hydrogens (tertiary/aromatic N) is 2. The van der Waals surface area contributed by atoms with Crippen LogP contribution in [0.5, 0.6) is 5.75 Å². The van der Waals surface area contributed by atoms with Crippen molar-refractivity contribution >= 4 is 34.7 Å². The quantitative estimate of drug-likeness (QED) is 0.358. The van der Waals surface area contributed by atoms with Crippen molar-refractivity contribution in [1.29, 1.82) is 0 Å². The molecule has 0 bridgehead atoms. The van der Waals surface area contributed by atoms with Gasteiger partial charge in [0.2, 0.25) is 0 Å². The zero-order valence-corrected chi connectivity index (χ0v) is 21.1. The van der Waals surface area contributed by atoms with Crippen molar-refractivity contribution in [3.8, 4) is 5.75 Å². The summed E-state index contributed by atoms with van der Waals surface area (Å²) in [7, 11) is 1.32. The monoisotopic (exact) mass is 520 g/mol. The second kappa shape index (κ2) is 10.0. The molecule has 1 unspecified atom stereocenters. The molecule has 0 saturated carbocycles. The van der Waals surface area contributed by atoms with Gasteiger partial charge in [0.1, 0.15) is 24.2 Å². The first-order valence-electron chi connectivity index (χ1n) is 11.1. The first-order chi connectivity index (χ1) is 17.5. The lowest BCUT2D eigenvalue weighted by molar-refractivity contribution is -0.136. The molecule has 1 atom stereocenters. The molecule has 0 radical (unpaired) electrons. The number of fused-ring (bicyclic) bond motifs is 1. The molecule has 4 aromatic rings. The molecule has 1 aliphatic heterocycles. The van der Waals surface area contributed by atoms with Gasteiger partial charge in [-0.25, -0.2) is 14.2 Å². The molecule has 0 fully saturated rings. The van der Waals surface area contributed by atoms with E-state index in [0.717, 1.165) is 10.4 Å². The summed E-state index contributed by atoms with van der Waals surface area (Å²) in [6.07, 6.45) is 1.78. The molecule has 182 valence electrons. The van der Waals surface area contributed by atoms with Crippen molar-refractivity contribution in [2.75, 3.05) is 7.11 Å². The van der Waals surface area contributed by atoms with E-state index in [-0.39, 0.29) is 18.0 Å². The number of hydrogen-bond donors (Lipinski definition) is 0. The summed E-state index contributed by atoms with van der Waals surface area (Å²) >= 11 is 2.74. The molecule has 5 rings (SSSR count). The van der Waals surface area contributed by atoms with E-state index < -0.39 is 12.0 Å². The van der Waals surface area contributed by atoms with Gasteiger partial charge >= 0.3 is 5.97 Å². The van der Waals surface area contributed by atoms with E-state index in [2.05, 4.69) is 4.99 Å². The molecule has 0 N–H and O–H groups in total. The first-order valence-corrected chi connectivity index (χ1v) is 12.8. The van der Waals surface area contributed by atoms with Crippen molar-refractivity contribution in [3.05, 3.63) is 119 Å². The number of esters is 1. The van der Waals surface area contributed by atoms with Crippen LogP contribution in [0.1, 0.15) is 29.0 Å². The lowest BCUT2D eigenvalue weighted by atomic mass is 10.0. The van der Waals surface area contributed by atoms with Gasteiger partial charge in [-0.3, -0.25) is 9.36 Å². The van der Waals surface area contributed by atoms with E-state index >= 15 is 0 Å². The summed E-state index contributed by atoms with van der Waals surface area (Å²) in [6, 6.07) is 16.9. The fourth-order valence-electron chi connectivity index (χ4n) is 4.00. The Balaban J connectivity index is 1.47. The minimum absolute atomic E-state index is 0.120. The lowest BCUT2D eigenvalue weighted by Gasteiger charge is -2.22. The highest BCUT2D eigenvalue weighted by Gasteiger charge is 2.33. The van der Waals surface area contributed by atoms with Crippen LogP contribution in [0.15, 0.2) is 87.1 Å². The largest absolute Gasteiger partial charge is 0.489 e. The van der Waals surface area contributed by atoms with Crippen LogP contribution in [0.25, 0.3) is 6.08 Å². The molecule has 9 heteroatoms. The number of allylic oxidation sites excluding steroid dienone is 1. The Hall–Kier alpha value is -3.82. The van der Waals surface area contributed by atoms with Gasteiger partial charge in [-0.05, 0) is 48.2 Å². The van der Waals surface area contributed by atoms with Gasteiger partial charge < -0.3 is 9.47 Å². The van der Waals surface area contributed by atoms with Crippen LogP contribution < -0.4 is 19.6 Å². The van der Waals surface area contributed by atoms with E-state index in [1.54, 1.807) is 47.9 Å². The van der Waals surface area contributed by atoms with Crippen LogP contribution in [-0.4, -0.2) is 17.6 Å². The topological polar surface area (TPSA) is 69.9 Å². The molecular weight excluding hydrogens is 499 g/mol. The molecule has 36 heavy (non-hydrogen) atoms. The summed E-state index contributed by atoms with van der Waals surface area (Å²) < 4.78 is 26.6. The minimum atomic E-state index is -0.593. The Kier molecular flexibility index (Phi) is 6.67. The average Bonchev–Trinajstić information content (AvgIpc) is 3.52. The number of ether oxygens (including phenoxy) is 2. The third kappa shape index (κ3) is 4.55. The molecule has 0 aliphatic carbocycles. The molecule has 0 spiro atoms. The maximum atomic E-state index is 13.8. The Labute approximate surface area is 213 Å². The number of carbonyl (C=O) groups is 1. The maximum Gasteiger partial charge on any atom is 0.338 e. The second-order valence-electron chi connectivity index (χ2n) is 8.04. The standard InChI is InChI=1S/C27H21FN2O4S2/c1-16-23(26(32)33-2)24(21-8-5-13-35-21)30-25(31)22(36-27(30)29-16)14-17-9-11-19(12-10-17)34-15-18-6-3-4-7-20(18)28/h3-14,24H,15H2,1-2H3. The molecular formula is C27H21FN2O4S2. The van der Waals surface area contributed by atoms with Gasteiger partial charge in [0.25, 0.3) is 5.56 Å². The molecule has 6 nitrogen and oxygen atoms in total. The van der Waals surface area contributed by atoms with E-state index in [9.17, 15) is 14.0 Å². The number of halogens is 1. The number of rotatable bonds is 6. The molecule has 3 heterocycles. The zero-order chi connectivity index (χ0) is 25.2. The Morgan fingerprint density at radius 1 is 1.14 bits per heavy atom. The van der Waals surface area contributed by atoms with E-state index in [0.29, 0.717) is 31.9 Å². The van der Waals surface area contributed by atoms with E-state index in [4.69, 9.17) is 9.47 Å². The number of aromatic nitrogens is 1. The highest BCUT2D eigenvalue weighted by molar-refractivity contribution is 7.10. The summed E-state index contributed by atoms with van der Waals surface area (Å²) in [5, 5.41) is 1.91. The number of benzene rings is 2. The Morgan fingerprint density at radius 2 is 1.92 bits per heavy atom. The Bertz CT molecular complexity index is 1630. The van der Waals surface area contributed by atoms with Crippen molar-refractivity contribution in [1.82, 2.24) is 4.57 Å². The van der Waals surface area contributed by atoms with Gasteiger partial charge in [0.05, 0.1) is 22.9 Å². The lowest BCUT2D eigenvalue weighted by Crippen LogP contribution is -2.39. The summed E-state index contributed by atoms with van der Waals surface area (Å²) in [4.78, 5) is 32.0. The van der Waals surface area contributed by atoms with Gasteiger partial charge in [0, 0.05) is 10.4 Å². The fraction of sp³-hybridized carbons (Fsp3) is 0.148. The second-order valence-corrected chi connectivity index (χ2v) is 10.0. The first kappa shape index (κ1) is 23.9. The van der Waals surface area contributed by atoms with Crippen molar-refractivity contribution in [2.24, 2.45) is 4.99 Å². The third-order valence-corrected chi connectivity index (χ3v) is 7.68. The predicted octanol–water partition coefficient (Wildman–Crippen LogP) is 4.19. The molecule has 2 aromatic heterocycles. The molecule has 1 aliphatic rings. The van der Waals surface area contributed by atoms with Crippen LogP contribution in [0.3, 0.4) is 0 Å². The highest BCUT2D eigenvalue weighted by Crippen LogP contribution is 2.33. The van der Waals surface area contributed by atoms with E-state index in [1.807, 2.05) is 29.6 Å². The van der Waals surface area contributed by atoms with Crippen LogP contribution in [0.2, 0.25) is 0 Å². The SMILES string of the molecule is COC(=O)C1=C(C)N=c2sc(=Cc3ccc(OCc4ccccc4F)cc3)c(=O)n2C1c1cccs1. The van der Waals surface area contributed by atoms with Crippen LogP contribution in [-0.2, 0) is 16.1 Å². The third-order valence-electron chi connectivity index (χ3n) is 5.77.